The van der Waals surface area contributed by atoms with E-state index in [1.807, 2.05) is 0 Å². The Morgan fingerprint density at radius 3 is 3.00 bits per heavy atom. The van der Waals surface area contributed by atoms with Crippen LogP contribution in [0, 0.1) is 0 Å². The number of rotatable bonds is 6. The van der Waals surface area contributed by atoms with E-state index in [1.165, 1.54) is 5.56 Å². The van der Waals surface area contributed by atoms with Crippen molar-refractivity contribution in [1.82, 2.24) is 5.32 Å². The summed E-state index contributed by atoms with van der Waals surface area (Å²) in [6, 6.07) is 2.09. The molecule has 0 bridgehead atoms. The molecule has 0 radical (unpaired) electrons. The maximum Gasteiger partial charge on any atom is 0.0894 e. The summed E-state index contributed by atoms with van der Waals surface area (Å²) in [6.45, 7) is 1.12. The Balaban J connectivity index is 2.02. The van der Waals surface area contributed by atoms with Crippen LogP contribution >= 0.6 is 11.3 Å². The number of nitrogens with one attached hydrogen (secondary N) is 1. The zero-order valence-electron chi connectivity index (χ0n) is 7.44. The molecule has 0 aliphatic rings. The molecule has 1 aromatic heterocycles. The molecular weight excluding hydrogens is 186 g/mol. The van der Waals surface area contributed by atoms with Crippen molar-refractivity contribution < 1.29 is 10.2 Å². The summed E-state index contributed by atoms with van der Waals surface area (Å²) < 4.78 is 0. The maximum absolute atomic E-state index is 9.00. The Bertz CT molecular complexity index is 213. The standard InChI is InChI=1S/C9H15NO2S/c11-6-9(12)5-10-3-1-8-2-4-13-7-8/h2,4,7,9-12H,1,3,5-6H2. The van der Waals surface area contributed by atoms with Crippen LogP contribution in [0.3, 0.4) is 0 Å². The zero-order valence-corrected chi connectivity index (χ0v) is 8.26. The predicted octanol–water partition coefficient (Wildman–Crippen LogP) is 0.233. The Morgan fingerprint density at radius 2 is 2.38 bits per heavy atom. The summed E-state index contributed by atoms with van der Waals surface area (Å²) in [7, 11) is 0. The molecule has 0 aliphatic carbocycles. The molecule has 0 amide bonds. The van der Waals surface area contributed by atoms with Crippen molar-refractivity contribution in [2.24, 2.45) is 0 Å². The molecule has 0 aromatic carbocycles. The lowest BCUT2D eigenvalue weighted by atomic mass is 10.2. The number of thiophene rings is 1. The van der Waals surface area contributed by atoms with Gasteiger partial charge in [-0.3, -0.25) is 0 Å². The molecule has 1 aromatic rings. The van der Waals surface area contributed by atoms with E-state index in [2.05, 4.69) is 22.1 Å². The van der Waals surface area contributed by atoms with E-state index >= 15 is 0 Å². The van der Waals surface area contributed by atoms with Gasteiger partial charge in [0.25, 0.3) is 0 Å². The lowest BCUT2D eigenvalue weighted by Crippen LogP contribution is -2.30. The minimum absolute atomic E-state index is 0.175. The van der Waals surface area contributed by atoms with E-state index in [-0.39, 0.29) is 6.61 Å². The van der Waals surface area contributed by atoms with Gasteiger partial charge in [-0.15, -0.1) is 0 Å². The minimum atomic E-state index is -0.637. The number of hydrogen-bond acceptors (Lipinski definition) is 4. The molecule has 0 saturated carbocycles. The lowest BCUT2D eigenvalue weighted by Gasteiger charge is -2.07. The van der Waals surface area contributed by atoms with Crippen LogP contribution in [0.4, 0.5) is 0 Å². The van der Waals surface area contributed by atoms with Crippen LogP contribution in [0.25, 0.3) is 0 Å². The molecule has 3 N–H and O–H groups in total. The third-order valence-corrected chi connectivity index (χ3v) is 2.49. The highest BCUT2D eigenvalue weighted by Gasteiger charge is 1.99. The third kappa shape index (κ3) is 4.38. The first kappa shape index (κ1) is 10.7. The normalized spacial score (nSPS) is 13.1. The van der Waals surface area contributed by atoms with Gasteiger partial charge in [0.15, 0.2) is 0 Å². The Kier molecular flexibility index (Phi) is 5.00. The maximum atomic E-state index is 9.00. The van der Waals surface area contributed by atoms with Crippen LogP contribution in [0.15, 0.2) is 16.8 Å². The van der Waals surface area contributed by atoms with Crippen LogP contribution < -0.4 is 5.32 Å². The van der Waals surface area contributed by atoms with Gasteiger partial charge in [0.05, 0.1) is 12.7 Å². The highest BCUT2D eigenvalue weighted by molar-refractivity contribution is 7.07. The van der Waals surface area contributed by atoms with Gasteiger partial charge in [0.2, 0.25) is 0 Å². The summed E-state index contributed by atoms with van der Waals surface area (Å²) in [4.78, 5) is 0. The van der Waals surface area contributed by atoms with E-state index in [0.29, 0.717) is 6.54 Å². The average Bonchev–Trinajstić information content (AvgIpc) is 2.64. The summed E-state index contributed by atoms with van der Waals surface area (Å²) in [5, 5.41) is 24.8. The fourth-order valence-corrected chi connectivity index (χ4v) is 1.70. The van der Waals surface area contributed by atoms with Crippen molar-refractivity contribution in [1.29, 1.82) is 0 Å². The van der Waals surface area contributed by atoms with Gasteiger partial charge in [-0.1, -0.05) is 0 Å². The SMILES string of the molecule is OCC(O)CNCCc1ccsc1. The van der Waals surface area contributed by atoms with Crippen molar-refractivity contribution in [3.05, 3.63) is 22.4 Å². The molecule has 1 unspecified atom stereocenters. The van der Waals surface area contributed by atoms with Crippen molar-refractivity contribution in [3.63, 3.8) is 0 Å². The molecule has 0 aliphatic heterocycles. The molecule has 1 atom stereocenters. The summed E-state index contributed by atoms with van der Waals surface area (Å²) in [5.41, 5.74) is 1.32. The van der Waals surface area contributed by atoms with Gasteiger partial charge in [-0.05, 0) is 35.4 Å². The first-order valence-corrected chi connectivity index (χ1v) is 5.28. The molecule has 1 heterocycles. The second-order valence-electron chi connectivity index (χ2n) is 2.92. The van der Waals surface area contributed by atoms with Crippen LogP contribution in [0.2, 0.25) is 0 Å². The monoisotopic (exact) mass is 201 g/mol. The Morgan fingerprint density at radius 1 is 1.54 bits per heavy atom. The quantitative estimate of drug-likeness (QED) is 0.578. The van der Waals surface area contributed by atoms with E-state index in [0.717, 1.165) is 13.0 Å². The van der Waals surface area contributed by atoms with Gasteiger partial charge in [0, 0.05) is 6.54 Å². The van der Waals surface area contributed by atoms with Gasteiger partial charge < -0.3 is 15.5 Å². The van der Waals surface area contributed by atoms with Crippen molar-refractivity contribution in [2.45, 2.75) is 12.5 Å². The van der Waals surface area contributed by atoms with Crippen LogP contribution in [-0.2, 0) is 6.42 Å². The first-order chi connectivity index (χ1) is 6.33. The third-order valence-electron chi connectivity index (χ3n) is 1.76. The van der Waals surface area contributed by atoms with Crippen LogP contribution in [-0.4, -0.2) is 36.0 Å². The highest BCUT2D eigenvalue weighted by Crippen LogP contribution is 2.05. The zero-order chi connectivity index (χ0) is 9.52. The minimum Gasteiger partial charge on any atom is -0.394 e. The van der Waals surface area contributed by atoms with E-state index in [4.69, 9.17) is 10.2 Å². The molecule has 13 heavy (non-hydrogen) atoms. The smallest absolute Gasteiger partial charge is 0.0894 e. The second kappa shape index (κ2) is 6.10. The fourth-order valence-electron chi connectivity index (χ4n) is 1.00. The topological polar surface area (TPSA) is 52.5 Å². The second-order valence-corrected chi connectivity index (χ2v) is 3.70. The largest absolute Gasteiger partial charge is 0.394 e. The van der Waals surface area contributed by atoms with E-state index in [9.17, 15) is 0 Å². The highest BCUT2D eigenvalue weighted by atomic mass is 32.1. The Labute approximate surface area is 82.0 Å². The fraction of sp³-hybridized carbons (Fsp3) is 0.556. The molecule has 4 heteroatoms. The molecule has 0 fully saturated rings. The van der Waals surface area contributed by atoms with Crippen LogP contribution in [0.1, 0.15) is 5.56 Å². The predicted molar refractivity (Wildman–Crippen MR) is 54.0 cm³/mol. The molecular formula is C9H15NO2S. The van der Waals surface area contributed by atoms with Gasteiger partial charge >= 0.3 is 0 Å². The van der Waals surface area contributed by atoms with E-state index < -0.39 is 6.10 Å². The number of aliphatic hydroxyl groups excluding tert-OH is 2. The molecule has 0 spiro atoms. The average molecular weight is 201 g/mol. The first-order valence-electron chi connectivity index (χ1n) is 4.33. The van der Waals surface area contributed by atoms with Gasteiger partial charge in [0.1, 0.15) is 0 Å². The lowest BCUT2D eigenvalue weighted by molar-refractivity contribution is 0.0947. The molecule has 0 saturated heterocycles. The summed E-state index contributed by atoms with van der Waals surface area (Å²) in [5.74, 6) is 0. The van der Waals surface area contributed by atoms with Crippen molar-refractivity contribution in [3.8, 4) is 0 Å². The van der Waals surface area contributed by atoms with Crippen LogP contribution in [0.5, 0.6) is 0 Å². The van der Waals surface area contributed by atoms with Crippen molar-refractivity contribution >= 4 is 11.3 Å². The van der Waals surface area contributed by atoms with Crippen molar-refractivity contribution in [2.75, 3.05) is 19.7 Å². The molecule has 74 valence electrons. The molecule has 1 rings (SSSR count). The molecule has 3 nitrogen and oxygen atoms in total. The van der Waals surface area contributed by atoms with Gasteiger partial charge in [-0.25, -0.2) is 0 Å². The number of hydrogen-bond donors (Lipinski definition) is 3. The van der Waals surface area contributed by atoms with E-state index in [1.54, 1.807) is 11.3 Å². The summed E-state index contributed by atoms with van der Waals surface area (Å²) >= 11 is 1.69. The number of aliphatic hydroxyl groups is 2. The summed E-state index contributed by atoms with van der Waals surface area (Å²) in [6.07, 6.45) is 0.337. The van der Waals surface area contributed by atoms with Gasteiger partial charge in [-0.2, -0.15) is 11.3 Å². The Hall–Kier alpha value is -0.420.